The molecule has 4 rings (SSSR count). The van der Waals surface area contributed by atoms with Crippen LogP contribution in [0.1, 0.15) is 11.1 Å². The van der Waals surface area contributed by atoms with Crippen LogP contribution in [-0.2, 0) is 21.4 Å². The molecule has 0 aliphatic carbocycles. The molecule has 1 N–H and O–H groups in total. The number of hydrazone groups is 1. The summed E-state index contributed by atoms with van der Waals surface area (Å²) in [6.45, 7) is -0.0949. The highest BCUT2D eigenvalue weighted by Gasteiger charge is 2.27. The normalized spacial score (nSPS) is 11.3. The molecule has 10 heteroatoms. The van der Waals surface area contributed by atoms with Crippen molar-refractivity contribution in [2.45, 2.75) is 11.5 Å². The molecule has 37 heavy (non-hydrogen) atoms. The van der Waals surface area contributed by atoms with E-state index in [1.807, 2.05) is 12.1 Å². The van der Waals surface area contributed by atoms with Crippen molar-refractivity contribution in [3.8, 4) is 5.75 Å². The number of nitrogens with zero attached hydrogens (tertiary/aromatic N) is 3. The fraction of sp³-hybridized carbons (Fsp3) is 0.0741. The third-order valence-corrected chi connectivity index (χ3v) is 7.14. The first-order valence-corrected chi connectivity index (χ1v) is 13.0. The van der Waals surface area contributed by atoms with Gasteiger partial charge < -0.3 is 4.74 Å². The van der Waals surface area contributed by atoms with Crippen LogP contribution in [-0.4, -0.2) is 32.1 Å². The molecule has 188 valence electrons. The van der Waals surface area contributed by atoms with E-state index >= 15 is 0 Å². The van der Waals surface area contributed by atoms with Crippen molar-refractivity contribution in [2.75, 3.05) is 10.8 Å². The van der Waals surface area contributed by atoms with E-state index in [-0.39, 0.29) is 10.7 Å². The number of hydrogen-bond acceptors (Lipinski definition) is 6. The Morgan fingerprint density at radius 2 is 1.65 bits per heavy atom. The first-order valence-electron chi connectivity index (χ1n) is 11.2. The zero-order chi connectivity index (χ0) is 26.1. The van der Waals surface area contributed by atoms with Gasteiger partial charge in [0, 0.05) is 11.2 Å². The molecule has 0 atom stereocenters. The van der Waals surface area contributed by atoms with Crippen LogP contribution in [0.4, 0.5) is 5.82 Å². The minimum Gasteiger partial charge on any atom is -0.489 e. The highest BCUT2D eigenvalue weighted by molar-refractivity contribution is 7.92. The molecule has 0 bridgehead atoms. The lowest BCUT2D eigenvalue weighted by Gasteiger charge is -2.22. The maximum atomic E-state index is 13.2. The number of rotatable bonds is 10. The molecule has 1 aromatic heterocycles. The van der Waals surface area contributed by atoms with Gasteiger partial charge in [-0.1, -0.05) is 48.0 Å². The fourth-order valence-corrected chi connectivity index (χ4v) is 4.78. The average molecular weight is 535 g/mol. The van der Waals surface area contributed by atoms with Gasteiger partial charge >= 0.3 is 0 Å². The molecule has 0 radical (unpaired) electrons. The van der Waals surface area contributed by atoms with E-state index in [0.717, 1.165) is 15.4 Å². The van der Waals surface area contributed by atoms with Crippen molar-refractivity contribution in [1.82, 2.24) is 10.4 Å². The molecule has 1 heterocycles. The van der Waals surface area contributed by atoms with Crippen molar-refractivity contribution < 1.29 is 17.9 Å². The largest absolute Gasteiger partial charge is 0.489 e. The Morgan fingerprint density at radius 3 is 2.32 bits per heavy atom. The number of aromatic nitrogens is 1. The topological polar surface area (TPSA) is 101 Å². The number of benzene rings is 3. The summed E-state index contributed by atoms with van der Waals surface area (Å²) in [4.78, 5) is 16.8. The monoisotopic (exact) mass is 534 g/mol. The van der Waals surface area contributed by atoms with Crippen LogP contribution in [0.15, 0.2) is 113 Å². The fourth-order valence-electron chi connectivity index (χ4n) is 3.25. The summed E-state index contributed by atoms with van der Waals surface area (Å²) < 4.78 is 33.1. The van der Waals surface area contributed by atoms with Gasteiger partial charge in [-0.05, 0) is 71.8 Å². The predicted molar refractivity (Wildman–Crippen MR) is 143 cm³/mol. The van der Waals surface area contributed by atoms with Gasteiger partial charge in [0.15, 0.2) is 0 Å². The number of halogens is 1. The number of carbonyl (C=O) groups is 1. The van der Waals surface area contributed by atoms with Crippen LogP contribution in [0.5, 0.6) is 5.75 Å². The SMILES string of the molecule is O=C(CN(c1ccccn1)S(=O)(=O)c1ccccc1)N/N=C\c1ccc(OCc2ccc(Cl)cc2)cc1. The van der Waals surface area contributed by atoms with Crippen LogP contribution in [0.3, 0.4) is 0 Å². The molecular formula is C27H23ClN4O4S. The van der Waals surface area contributed by atoms with E-state index in [2.05, 4.69) is 15.5 Å². The number of nitrogens with one attached hydrogen (secondary N) is 1. The van der Waals surface area contributed by atoms with Crippen molar-refractivity contribution in [3.05, 3.63) is 119 Å². The summed E-state index contributed by atoms with van der Waals surface area (Å²) in [6.07, 6.45) is 2.92. The minimum atomic E-state index is -4.02. The standard InChI is InChI=1S/C27H23ClN4O4S/c28-23-13-9-22(10-14-23)20-36-24-15-11-21(12-16-24)18-30-31-27(33)19-32(26-8-4-5-17-29-26)37(34,35)25-6-2-1-3-7-25/h1-18H,19-20H2,(H,31,33)/b30-18-. The zero-order valence-electron chi connectivity index (χ0n) is 19.6. The van der Waals surface area contributed by atoms with E-state index in [4.69, 9.17) is 16.3 Å². The molecule has 0 unspecified atom stereocenters. The quantitative estimate of drug-likeness (QED) is 0.235. The van der Waals surface area contributed by atoms with Crippen LogP contribution in [0, 0.1) is 0 Å². The molecule has 0 fully saturated rings. The highest BCUT2D eigenvalue weighted by atomic mass is 35.5. The molecule has 0 saturated carbocycles. The Labute approximate surface area is 220 Å². The predicted octanol–water partition coefficient (Wildman–Crippen LogP) is 4.66. The maximum absolute atomic E-state index is 13.2. The number of anilines is 1. The molecule has 1 amide bonds. The second-order valence-corrected chi connectivity index (χ2v) is 10.1. The number of carbonyl (C=O) groups excluding carboxylic acids is 1. The molecule has 0 saturated heterocycles. The summed E-state index contributed by atoms with van der Waals surface area (Å²) in [5, 5.41) is 4.62. The van der Waals surface area contributed by atoms with Crippen LogP contribution in [0.25, 0.3) is 0 Å². The van der Waals surface area contributed by atoms with Gasteiger partial charge in [-0.2, -0.15) is 5.10 Å². The number of sulfonamides is 1. The van der Waals surface area contributed by atoms with Gasteiger partial charge in [0.2, 0.25) is 0 Å². The first-order chi connectivity index (χ1) is 17.9. The zero-order valence-corrected chi connectivity index (χ0v) is 21.1. The van der Waals surface area contributed by atoms with Gasteiger partial charge in [0.25, 0.3) is 15.9 Å². The number of ether oxygens (including phenoxy) is 1. The summed E-state index contributed by atoms with van der Waals surface area (Å²) in [5.41, 5.74) is 4.09. The third kappa shape index (κ3) is 7.16. The van der Waals surface area contributed by atoms with Crippen molar-refractivity contribution >= 4 is 39.6 Å². The summed E-state index contributed by atoms with van der Waals surface area (Å²) in [7, 11) is -4.02. The maximum Gasteiger partial charge on any atom is 0.265 e. The van der Waals surface area contributed by atoms with E-state index < -0.39 is 22.5 Å². The van der Waals surface area contributed by atoms with Gasteiger partial charge in [-0.25, -0.2) is 23.1 Å². The molecule has 0 aliphatic rings. The highest BCUT2D eigenvalue weighted by Crippen LogP contribution is 2.21. The number of hydrogen-bond donors (Lipinski definition) is 1. The van der Waals surface area contributed by atoms with E-state index in [9.17, 15) is 13.2 Å². The molecular weight excluding hydrogens is 512 g/mol. The lowest BCUT2D eigenvalue weighted by atomic mass is 10.2. The molecule has 3 aromatic carbocycles. The molecule has 4 aromatic rings. The Bertz CT molecular complexity index is 1450. The van der Waals surface area contributed by atoms with Crippen molar-refractivity contribution in [2.24, 2.45) is 5.10 Å². The lowest BCUT2D eigenvalue weighted by molar-refractivity contribution is -0.119. The second-order valence-electron chi connectivity index (χ2n) is 7.79. The van der Waals surface area contributed by atoms with Crippen molar-refractivity contribution in [3.63, 3.8) is 0 Å². The smallest absolute Gasteiger partial charge is 0.265 e. The Kier molecular flexibility index (Phi) is 8.50. The first kappa shape index (κ1) is 25.9. The summed E-state index contributed by atoms with van der Waals surface area (Å²) >= 11 is 5.89. The summed E-state index contributed by atoms with van der Waals surface area (Å²) in [5.74, 6) is 0.178. The van der Waals surface area contributed by atoms with Gasteiger partial charge in [0.05, 0.1) is 11.1 Å². The van der Waals surface area contributed by atoms with Gasteiger partial charge in [-0.3, -0.25) is 4.79 Å². The van der Waals surface area contributed by atoms with E-state index in [1.54, 1.807) is 66.7 Å². The Hall–Kier alpha value is -4.21. The molecule has 8 nitrogen and oxygen atoms in total. The third-order valence-electron chi connectivity index (χ3n) is 5.12. The van der Waals surface area contributed by atoms with Crippen molar-refractivity contribution in [1.29, 1.82) is 0 Å². The Morgan fingerprint density at radius 1 is 0.946 bits per heavy atom. The molecule has 0 aliphatic heterocycles. The average Bonchev–Trinajstić information content (AvgIpc) is 2.93. The molecule has 0 spiro atoms. The van der Waals surface area contributed by atoms with Crippen LogP contribution in [0.2, 0.25) is 5.02 Å². The van der Waals surface area contributed by atoms with E-state index in [0.29, 0.717) is 17.4 Å². The van der Waals surface area contributed by atoms with Gasteiger partial charge in [0.1, 0.15) is 24.7 Å². The van der Waals surface area contributed by atoms with Crippen LogP contribution >= 0.6 is 11.6 Å². The van der Waals surface area contributed by atoms with Crippen LogP contribution < -0.4 is 14.5 Å². The number of pyridine rings is 1. The second kappa shape index (κ2) is 12.2. The van der Waals surface area contributed by atoms with E-state index in [1.165, 1.54) is 30.6 Å². The summed E-state index contributed by atoms with van der Waals surface area (Å²) in [6, 6.07) is 27.2. The van der Waals surface area contributed by atoms with Gasteiger partial charge in [-0.15, -0.1) is 0 Å². The lowest BCUT2D eigenvalue weighted by Crippen LogP contribution is -2.40. The Balaban J connectivity index is 1.37. The number of amides is 1. The minimum absolute atomic E-state index is 0.0512.